The number of benzene rings is 1. The summed E-state index contributed by atoms with van der Waals surface area (Å²) < 4.78 is 33.4. The number of rotatable bonds is 7. The van der Waals surface area contributed by atoms with E-state index in [9.17, 15) is 8.42 Å². The molecule has 0 spiro atoms. The average Bonchev–Trinajstić information content (AvgIpc) is 2.42. The quantitative estimate of drug-likeness (QED) is 0.803. The lowest BCUT2D eigenvalue weighted by atomic mass is 10.2. The summed E-state index contributed by atoms with van der Waals surface area (Å²) in [6, 6.07) is 7.52. The molecule has 0 aliphatic carbocycles. The molecular formula is C14H23N3O3S. The van der Waals surface area contributed by atoms with Gasteiger partial charge in [0.05, 0.1) is 13.2 Å². The average molecular weight is 313 g/mol. The molecule has 6 nitrogen and oxygen atoms in total. The number of likely N-dealkylation sites (N-methyl/N-ethyl adjacent to an activating group) is 1. The highest BCUT2D eigenvalue weighted by molar-refractivity contribution is 7.86. The van der Waals surface area contributed by atoms with Crippen molar-refractivity contribution >= 4 is 10.2 Å². The fourth-order valence-electron chi connectivity index (χ4n) is 2.38. The third-order valence-electron chi connectivity index (χ3n) is 3.71. The van der Waals surface area contributed by atoms with E-state index in [1.165, 1.54) is 4.31 Å². The molecule has 7 heteroatoms. The van der Waals surface area contributed by atoms with Crippen molar-refractivity contribution < 1.29 is 13.2 Å². The number of methoxy groups -OCH3 is 1. The minimum Gasteiger partial charge on any atom is -0.497 e. The molecule has 0 radical (unpaired) electrons. The van der Waals surface area contributed by atoms with Crippen molar-refractivity contribution in [1.29, 1.82) is 0 Å². The van der Waals surface area contributed by atoms with Crippen LogP contribution < -0.4 is 10.1 Å². The summed E-state index contributed by atoms with van der Waals surface area (Å²) in [5.41, 5.74) is 0.906. The van der Waals surface area contributed by atoms with E-state index >= 15 is 0 Å². The van der Waals surface area contributed by atoms with Crippen molar-refractivity contribution in [2.45, 2.75) is 19.5 Å². The van der Waals surface area contributed by atoms with Gasteiger partial charge in [-0.2, -0.15) is 17.0 Å². The Morgan fingerprint density at radius 3 is 2.62 bits per heavy atom. The summed E-state index contributed by atoms with van der Waals surface area (Å²) in [6.45, 7) is 4.13. The maximum Gasteiger partial charge on any atom is 0.282 e. The predicted octanol–water partition coefficient (Wildman–Crippen LogP) is 0.666. The Hall–Kier alpha value is -1.15. The molecule has 1 N–H and O–H groups in total. The summed E-state index contributed by atoms with van der Waals surface area (Å²) in [5.74, 6) is 0.730. The van der Waals surface area contributed by atoms with Crippen LogP contribution in [-0.4, -0.2) is 56.9 Å². The van der Waals surface area contributed by atoms with Gasteiger partial charge in [0, 0.05) is 33.2 Å². The van der Waals surface area contributed by atoms with Gasteiger partial charge in [0.2, 0.25) is 0 Å². The largest absolute Gasteiger partial charge is 0.497 e. The summed E-state index contributed by atoms with van der Waals surface area (Å²) in [4.78, 5) is 0. The van der Waals surface area contributed by atoms with Gasteiger partial charge in [0.1, 0.15) is 5.75 Å². The molecule has 1 aliphatic rings. The van der Waals surface area contributed by atoms with Crippen LogP contribution in [0.1, 0.15) is 12.5 Å². The highest BCUT2D eigenvalue weighted by atomic mass is 32.2. The minimum atomic E-state index is -3.44. The Balaban J connectivity index is 2.11. The van der Waals surface area contributed by atoms with Crippen molar-refractivity contribution in [3.8, 4) is 5.75 Å². The van der Waals surface area contributed by atoms with E-state index in [1.807, 2.05) is 31.2 Å². The first kappa shape index (κ1) is 16.2. The summed E-state index contributed by atoms with van der Waals surface area (Å²) >= 11 is 0. The lowest BCUT2D eigenvalue weighted by molar-refractivity contribution is 0.234. The van der Waals surface area contributed by atoms with Crippen LogP contribution in [0.4, 0.5) is 0 Å². The van der Waals surface area contributed by atoms with Crippen LogP contribution in [0.15, 0.2) is 24.3 Å². The molecule has 0 saturated carbocycles. The SMILES string of the molecule is CCN(C1CNC1)S(=O)(=O)N(C)Cc1cccc(OC)c1. The molecule has 1 aromatic rings. The zero-order valence-corrected chi connectivity index (χ0v) is 13.6. The Kier molecular flexibility index (Phi) is 5.21. The first-order valence-electron chi connectivity index (χ1n) is 7.05. The molecule has 0 amide bonds. The van der Waals surface area contributed by atoms with Crippen LogP contribution in [0.25, 0.3) is 0 Å². The monoisotopic (exact) mass is 313 g/mol. The molecule has 1 saturated heterocycles. The molecule has 1 aromatic carbocycles. The van der Waals surface area contributed by atoms with Gasteiger partial charge in [-0.15, -0.1) is 0 Å². The molecule has 2 rings (SSSR count). The molecule has 1 heterocycles. The Morgan fingerprint density at radius 1 is 1.38 bits per heavy atom. The van der Waals surface area contributed by atoms with Crippen molar-refractivity contribution in [2.75, 3.05) is 33.8 Å². The Morgan fingerprint density at radius 2 is 2.10 bits per heavy atom. The smallest absolute Gasteiger partial charge is 0.282 e. The molecule has 0 aromatic heterocycles. The van der Waals surface area contributed by atoms with Gasteiger partial charge in [-0.1, -0.05) is 19.1 Å². The summed E-state index contributed by atoms with van der Waals surface area (Å²) in [5, 5.41) is 3.11. The minimum absolute atomic E-state index is 0.0627. The van der Waals surface area contributed by atoms with Crippen LogP contribution >= 0.6 is 0 Å². The van der Waals surface area contributed by atoms with Crippen LogP contribution in [0.5, 0.6) is 5.75 Å². The standard InChI is InChI=1S/C14H23N3O3S/c1-4-17(13-9-15-10-13)21(18,19)16(2)11-12-6-5-7-14(8-12)20-3/h5-8,13,15H,4,9-11H2,1-3H3. The van der Waals surface area contributed by atoms with Gasteiger partial charge >= 0.3 is 0 Å². The topological polar surface area (TPSA) is 61.9 Å². The van der Waals surface area contributed by atoms with Gasteiger partial charge in [-0.25, -0.2) is 0 Å². The maximum atomic E-state index is 12.6. The van der Waals surface area contributed by atoms with Crippen molar-refractivity contribution in [3.05, 3.63) is 29.8 Å². The lowest BCUT2D eigenvalue weighted by Crippen LogP contribution is -2.60. The fraction of sp³-hybridized carbons (Fsp3) is 0.571. The van der Waals surface area contributed by atoms with E-state index in [4.69, 9.17) is 4.74 Å². The second kappa shape index (κ2) is 6.74. The maximum absolute atomic E-state index is 12.6. The Bertz CT molecular complexity index is 573. The zero-order chi connectivity index (χ0) is 15.5. The van der Waals surface area contributed by atoms with Crippen molar-refractivity contribution in [1.82, 2.24) is 13.9 Å². The fourth-order valence-corrected chi connectivity index (χ4v) is 3.90. The van der Waals surface area contributed by atoms with Gasteiger partial charge in [0.25, 0.3) is 10.2 Å². The molecule has 1 fully saturated rings. The summed E-state index contributed by atoms with van der Waals surface area (Å²) in [7, 11) is -0.229. The van der Waals surface area contributed by atoms with Crippen LogP contribution in [0, 0.1) is 0 Å². The molecule has 0 atom stereocenters. The highest BCUT2D eigenvalue weighted by Gasteiger charge is 2.35. The zero-order valence-electron chi connectivity index (χ0n) is 12.7. The van der Waals surface area contributed by atoms with E-state index in [0.29, 0.717) is 13.1 Å². The van der Waals surface area contributed by atoms with Crippen molar-refractivity contribution in [3.63, 3.8) is 0 Å². The normalized spacial score (nSPS) is 16.2. The van der Waals surface area contributed by atoms with Crippen LogP contribution in [-0.2, 0) is 16.8 Å². The van der Waals surface area contributed by atoms with Gasteiger partial charge in [-0.3, -0.25) is 0 Å². The molecule has 1 aliphatic heterocycles. The number of nitrogens with one attached hydrogen (secondary N) is 1. The number of nitrogens with zero attached hydrogens (tertiary/aromatic N) is 2. The molecule has 21 heavy (non-hydrogen) atoms. The highest BCUT2D eigenvalue weighted by Crippen LogP contribution is 2.18. The first-order valence-corrected chi connectivity index (χ1v) is 8.45. The Labute approximate surface area is 126 Å². The first-order chi connectivity index (χ1) is 9.98. The van der Waals surface area contributed by atoms with Gasteiger partial charge < -0.3 is 10.1 Å². The predicted molar refractivity (Wildman–Crippen MR) is 82.4 cm³/mol. The third-order valence-corrected chi connectivity index (χ3v) is 5.77. The van der Waals surface area contributed by atoms with E-state index in [1.54, 1.807) is 18.5 Å². The van der Waals surface area contributed by atoms with Gasteiger partial charge in [0.15, 0.2) is 0 Å². The third kappa shape index (κ3) is 3.55. The van der Waals surface area contributed by atoms with Crippen LogP contribution in [0.2, 0.25) is 0 Å². The second-order valence-electron chi connectivity index (χ2n) is 5.13. The number of hydrogen-bond acceptors (Lipinski definition) is 4. The second-order valence-corrected chi connectivity index (χ2v) is 7.12. The van der Waals surface area contributed by atoms with Crippen LogP contribution in [0.3, 0.4) is 0 Å². The van der Waals surface area contributed by atoms with E-state index in [0.717, 1.165) is 24.4 Å². The van der Waals surface area contributed by atoms with Crippen molar-refractivity contribution in [2.24, 2.45) is 0 Å². The van der Waals surface area contributed by atoms with E-state index in [2.05, 4.69) is 5.32 Å². The lowest BCUT2D eigenvalue weighted by Gasteiger charge is -2.38. The molecule has 118 valence electrons. The summed E-state index contributed by atoms with van der Waals surface area (Å²) in [6.07, 6.45) is 0. The van der Waals surface area contributed by atoms with E-state index < -0.39 is 10.2 Å². The number of ether oxygens (including phenoxy) is 1. The van der Waals surface area contributed by atoms with E-state index in [-0.39, 0.29) is 6.04 Å². The molecule has 0 bridgehead atoms. The number of hydrogen-bond donors (Lipinski definition) is 1. The molecule has 0 unspecified atom stereocenters. The van der Waals surface area contributed by atoms with Gasteiger partial charge in [-0.05, 0) is 17.7 Å². The molecular weight excluding hydrogens is 290 g/mol.